The molecule has 0 aliphatic carbocycles. The minimum Gasteiger partial charge on any atom is -0.397 e. The predicted molar refractivity (Wildman–Crippen MR) is 76.1 cm³/mol. The maximum Gasteiger partial charge on any atom is 0.272 e. The van der Waals surface area contributed by atoms with Crippen molar-refractivity contribution < 1.29 is 4.79 Å². The Morgan fingerprint density at radius 2 is 2.32 bits per heavy atom. The molecule has 100 valence electrons. The van der Waals surface area contributed by atoms with E-state index in [1.807, 2.05) is 17.6 Å². The van der Waals surface area contributed by atoms with E-state index >= 15 is 0 Å². The van der Waals surface area contributed by atoms with Crippen molar-refractivity contribution in [2.24, 2.45) is 0 Å². The van der Waals surface area contributed by atoms with Gasteiger partial charge in [-0.2, -0.15) is 0 Å². The molecule has 2 aromatic rings. The van der Waals surface area contributed by atoms with Crippen molar-refractivity contribution in [3.63, 3.8) is 0 Å². The van der Waals surface area contributed by atoms with Gasteiger partial charge in [0.1, 0.15) is 5.69 Å². The smallest absolute Gasteiger partial charge is 0.272 e. The molecule has 2 heterocycles. The van der Waals surface area contributed by atoms with Gasteiger partial charge in [-0.1, -0.05) is 6.92 Å². The minimum absolute atomic E-state index is 0.166. The predicted octanol–water partition coefficient (Wildman–Crippen LogP) is 2.44. The number of carbonyl (C=O) groups is 1. The SMILES string of the molecule is CCCn1cc(N)cc1C(=O)Nc1cnccc1C. The van der Waals surface area contributed by atoms with Gasteiger partial charge in [0.15, 0.2) is 0 Å². The molecule has 2 rings (SSSR count). The summed E-state index contributed by atoms with van der Waals surface area (Å²) in [4.78, 5) is 16.3. The molecule has 0 atom stereocenters. The van der Waals surface area contributed by atoms with Gasteiger partial charge in [0, 0.05) is 18.9 Å². The number of pyridine rings is 1. The number of nitrogens with one attached hydrogen (secondary N) is 1. The lowest BCUT2D eigenvalue weighted by Gasteiger charge is -2.09. The first-order valence-corrected chi connectivity index (χ1v) is 6.29. The molecular formula is C14H18N4O. The van der Waals surface area contributed by atoms with Crippen molar-refractivity contribution in [3.05, 3.63) is 42.0 Å². The van der Waals surface area contributed by atoms with Crippen molar-refractivity contribution in [1.29, 1.82) is 0 Å². The molecule has 0 aromatic carbocycles. The molecule has 3 N–H and O–H groups in total. The first kappa shape index (κ1) is 13.1. The summed E-state index contributed by atoms with van der Waals surface area (Å²) in [6.07, 6.45) is 6.07. The van der Waals surface area contributed by atoms with E-state index in [0.29, 0.717) is 11.4 Å². The van der Waals surface area contributed by atoms with Crippen molar-refractivity contribution in [2.45, 2.75) is 26.8 Å². The van der Waals surface area contributed by atoms with Crippen LogP contribution in [0.1, 0.15) is 29.4 Å². The largest absolute Gasteiger partial charge is 0.397 e. The molecule has 2 aromatic heterocycles. The van der Waals surface area contributed by atoms with Crippen LogP contribution in [0.15, 0.2) is 30.7 Å². The van der Waals surface area contributed by atoms with Crippen molar-refractivity contribution >= 4 is 17.3 Å². The Labute approximate surface area is 112 Å². The van der Waals surface area contributed by atoms with Crippen molar-refractivity contribution in [3.8, 4) is 0 Å². The van der Waals surface area contributed by atoms with Crippen LogP contribution in [-0.2, 0) is 6.54 Å². The molecule has 0 unspecified atom stereocenters. The summed E-state index contributed by atoms with van der Waals surface area (Å²) in [5, 5.41) is 2.86. The summed E-state index contributed by atoms with van der Waals surface area (Å²) in [5.74, 6) is -0.166. The van der Waals surface area contributed by atoms with Gasteiger partial charge in [-0.25, -0.2) is 0 Å². The Morgan fingerprint density at radius 3 is 3.00 bits per heavy atom. The van der Waals surface area contributed by atoms with Crippen LogP contribution in [-0.4, -0.2) is 15.5 Å². The van der Waals surface area contributed by atoms with E-state index in [2.05, 4.69) is 17.2 Å². The molecule has 5 heteroatoms. The highest BCUT2D eigenvalue weighted by Gasteiger charge is 2.13. The normalized spacial score (nSPS) is 10.4. The van der Waals surface area contributed by atoms with E-state index in [9.17, 15) is 4.79 Å². The first-order valence-electron chi connectivity index (χ1n) is 6.29. The van der Waals surface area contributed by atoms with Crippen LogP contribution >= 0.6 is 0 Å². The third kappa shape index (κ3) is 2.93. The topological polar surface area (TPSA) is 72.9 Å². The van der Waals surface area contributed by atoms with Gasteiger partial charge in [0.2, 0.25) is 0 Å². The van der Waals surface area contributed by atoms with E-state index < -0.39 is 0 Å². The second-order valence-electron chi connectivity index (χ2n) is 4.50. The number of rotatable bonds is 4. The number of amides is 1. The van der Waals surface area contributed by atoms with Gasteiger partial charge < -0.3 is 15.6 Å². The Balaban J connectivity index is 2.23. The van der Waals surface area contributed by atoms with Crippen LogP contribution in [0.5, 0.6) is 0 Å². The fourth-order valence-electron chi connectivity index (χ4n) is 1.93. The summed E-state index contributed by atoms with van der Waals surface area (Å²) in [6.45, 7) is 4.76. The maximum absolute atomic E-state index is 12.3. The van der Waals surface area contributed by atoms with Crippen molar-refractivity contribution in [2.75, 3.05) is 11.1 Å². The summed E-state index contributed by atoms with van der Waals surface area (Å²) in [6, 6.07) is 3.55. The van der Waals surface area contributed by atoms with Gasteiger partial charge in [-0.3, -0.25) is 9.78 Å². The molecule has 0 aliphatic heterocycles. The van der Waals surface area contributed by atoms with Crippen LogP contribution in [0.2, 0.25) is 0 Å². The fourth-order valence-corrected chi connectivity index (χ4v) is 1.93. The maximum atomic E-state index is 12.3. The van der Waals surface area contributed by atoms with Gasteiger partial charge in [0.25, 0.3) is 5.91 Å². The van der Waals surface area contributed by atoms with E-state index in [1.165, 1.54) is 0 Å². The molecule has 0 bridgehead atoms. The number of nitrogens with two attached hydrogens (primary N) is 1. The second kappa shape index (κ2) is 5.56. The lowest BCUT2D eigenvalue weighted by Crippen LogP contribution is -2.17. The standard InChI is InChI=1S/C14H18N4O/c1-3-6-18-9-11(15)7-13(18)14(19)17-12-8-16-5-4-10(12)2/h4-5,7-9H,3,6,15H2,1-2H3,(H,17,19). The Bertz CT molecular complexity index is 589. The third-order valence-electron chi connectivity index (χ3n) is 2.90. The van der Waals surface area contributed by atoms with E-state index in [-0.39, 0.29) is 5.91 Å². The highest BCUT2D eigenvalue weighted by molar-refractivity contribution is 6.04. The number of hydrogen-bond donors (Lipinski definition) is 2. The molecule has 0 radical (unpaired) electrons. The molecule has 0 spiro atoms. The average molecular weight is 258 g/mol. The Morgan fingerprint density at radius 1 is 1.53 bits per heavy atom. The van der Waals surface area contributed by atoms with Gasteiger partial charge in [-0.15, -0.1) is 0 Å². The number of nitrogens with zero attached hydrogens (tertiary/aromatic N) is 2. The van der Waals surface area contributed by atoms with E-state index in [0.717, 1.165) is 24.2 Å². The molecule has 0 fully saturated rings. The van der Waals surface area contributed by atoms with Crippen LogP contribution < -0.4 is 11.1 Å². The molecule has 5 nitrogen and oxygen atoms in total. The number of carbonyl (C=O) groups excluding carboxylic acids is 1. The molecule has 1 amide bonds. The number of aromatic nitrogens is 2. The summed E-state index contributed by atoms with van der Waals surface area (Å²) >= 11 is 0. The zero-order chi connectivity index (χ0) is 13.8. The quantitative estimate of drug-likeness (QED) is 0.884. The number of aryl methyl sites for hydroxylation is 2. The second-order valence-corrected chi connectivity index (χ2v) is 4.50. The minimum atomic E-state index is -0.166. The molecular weight excluding hydrogens is 240 g/mol. The van der Waals surface area contributed by atoms with Gasteiger partial charge in [-0.05, 0) is 31.0 Å². The van der Waals surface area contributed by atoms with Crippen LogP contribution in [0.25, 0.3) is 0 Å². The summed E-state index contributed by atoms with van der Waals surface area (Å²) < 4.78 is 1.87. The highest BCUT2D eigenvalue weighted by atomic mass is 16.1. The lowest BCUT2D eigenvalue weighted by molar-refractivity contribution is 0.101. The van der Waals surface area contributed by atoms with Crippen LogP contribution in [0.3, 0.4) is 0 Å². The average Bonchev–Trinajstić information content (AvgIpc) is 2.74. The summed E-state index contributed by atoms with van der Waals surface area (Å²) in [7, 11) is 0. The van der Waals surface area contributed by atoms with Crippen LogP contribution in [0.4, 0.5) is 11.4 Å². The molecule has 19 heavy (non-hydrogen) atoms. The van der Waals surface area contributed by atoms with Gasteiger partial charge in [0.05, 0.1) is 17.6 Å². The first-order chi connectivity index (χ1) is 9.11. The highest BCUT2D eigenvalue weighted by Crippen LogP contribution is 2.16. The lowest BCUT2D eigenvalue weighted by atomic mass is 10.2. The molecule has 0 aliphatic rings. The van der Waals surface area contributed by atoms with E-state index in [1.54, 1.807) is 24.7 Å². The molecule has 0 saturated carbocycles. The molecule has 0 saturated heterocycles. The number of anilines is 2. The Hall–Kier alpha value is -2.30. The Kier molecular flexibility index (Phi) is 3.85. The van der Waals surface area contributed by atoms with E-state index in [4.69, 9.17) is 5.73 Å². The number of nitrogen functional groups attached to an aromatic ring is 1. The third-order valence-corrected chi connectivity index (χ3v) is 2.90. The number of hydrogen-bond acceptors (Lipinski definition) is 3. The fraction of sp³-hybridized carbons (Fsp3) is 0.286. The van der Waals surface area contributed by atoms with Crippen molar-refractivity contribution in [1.82, 2.24) is 9.55 Å². The van der Waals surface area contributed by atoms with Gasteiger partial charge >= 0.3 is 0 Å². The van der Waals surface area contributed by atoms with Crippen LogP contribution in [0, 0.1) is 6.92 Å². The summed E-state index contributed by atoms with van der Waals surface area (Å²) in [5.41, 5.74) is 8.62. The zero-order valence-corrected chi connectivity index (χ0v) is 11.2. The monoisotopic (exact) mass is 258 g/mol. The zero-order valence-electron chi connectivity index (χ0n) is 11.2.